The van der Waals surface area contributed by atoms with Crippen molar-refractivity contribution in [3.63, 3.8) is 0 Å². The van der Waals surface area contributed by atoms with E-state index in [1.165, 1.54) is 46.2 Å². The van der Waals surface area contributed by atoms with Crippen molar-refractivity contribution in [3.05, 3.63) is 35.4 Å². The second kappa shape index (κ2) is 5.18. The number of hydrogen-bond acceptors (Lipinski definition) is 2. The third-order valence-electron chi connectivity index (χ3n) is 3.85. The molecule has 94 valence electrons. The van der Waals surface area contributed by atoms with Gasteiger partial charge in [-0.2, -0.15) is 0 Å². The molecule has 1 aliphatic rings. The number of rotatable bonds is 2. The maximum Gasteiger partial charge on any atom is 0.0286 e. The zero-order valence-corrected chi connectivity index (χ0v) is 12.6. The third-order valence-corrected chi connectivity index (χ3v) is 5.60. The van der Waals surface area contributed by atoms with Crippen LogP contribution >= 0.6 is 23.5 Å². The lowest BCUT2D eigenvalue weighted by Crippen LogP contribution is -2.03. The van der Waals surface area contributed by atoms with Gasteiger partial charge in [-0.3, -0.25) is 0 Å². The van der Waals surface area contributed by atoms with E-state index >= 15 is 0 Å². The molecule has 0 spiro atoms. The van der Waals surface area contributed by atoms with Gasteiger partial charge in [0.1, 0.15) is 0 Å². The SMILES string of the molecule is CSc1ccc2ccc3c(c2c1SC)CCCC3. The highest BCUT2D eigenvalue weighted by Gasteiger charge is 2.16. The van der Waals surface area contributed by atoms with Crippen molar-refractivity contribution in [1.29, 1.82) is 0 Å². The minimum atomic E-state index is 1.26. The largest absolute Gasteiger partial charge is 0.128 e. The Morgan fingerprint density at radius 3 is 2.44 bits per heavy atom. The molecule has 3 rings (SSSR count). The van der Waals surface area contributed by atoms with Gasteiger partial charge in [0, 0.05) is 9.79 Å². The maximum atomic E-state index is 2.35. The maximum absolute atomic E-state index is 2.35. The van der Waals surface area contributed by atoms with Crippen molar-refractivity contribution in [3.8, 4) is 0 Å². The Morgan fingerprint density at radius 2 is 1.67 bits per heavy atom. The molecular formula is C16H18S2. The highest BCUT2D eigenvalue weighted by molar-refractivity contribution is 8.01. The smallest absolute Gasteiger partial charge is 0.0286 e. The topological polar surface area (TPSA) is 0 Å². The van der Waals surface area contributed by atoms with Gasteiger partial charge in [0.15, 0.2) is 0 Å². The van der Waals surface area contributed by atoms with Crippen molar-refractivity contribution in [2.24, 2.45) is 0 Å². The van der Waals surface area contributed by atoms with Gasteiger partial charge in [-0.05, 0) is 66.2 Å². The Bertz CT molecular complexity index is 556. The predicted octanol–water partition coefficient (Wildman–Crippen LogP) is 5.16. The number of hydrogen-bond donors (Lipinski definition) is 0. The zero-order valence-electron chi connectivity index (χ0n) is 11.0. The first kappa shape index (κ1) is 12.4. The molecule has 0 fully saturated rings. The summed E-state index contributed by atoms with van der Waals surface area (Å²) < 4.78 is 0. The minimum absolute atomic E-state index is 1.26. The molecule has 0 heterocycles. The molecule has 0 aromatic heterocycles. The van der Waals surface area contributed by atoms with Crippen LogP contribution in [0.3, 0.4) is 0 Å². The molecule has 0 saturated heterocycles. The Kier molecular flexibility index (Phi) is 3.58. The fourth-order valence-electron chi connectivity index (χ4n) is 2.98. The van der Waals surface area contributed by atoms with Crippen LogP contribution in [0.25, 0.3) is 10.8 Å². The van der Waals surface area contributed by atoms with E-state index in [0.717, 1.165) is 0 Å². The van der Waals surface area contributed by atoms with Crippen LogP contribution in [0.5, 0.6) is 0 Å². The summed E-state index contributed by atoms with van der Waals surface area (Å²) in [5.41, 5.74) is 3.21. The van der Waals surface area contributed by atoms with Crippen LogP contribution in [0.1, 0.15) is 24.0 Å². The first-order valence-corrected chi connectivity index (χ1v) is 8.95. The molecule has 0 saturated carbocycles. The standard InChI is InChI=1S/C16H18S2/c1-17-14-10-9-12-8-7-11-5-3-4-6-13(11)15(12)16(14)18-2/h7-10H,3-6H2,1-2H3. The van der Waals surface area contributed by atoms with E-state index in [1.807, 2.05) is 23.5 Å². The summed E-state index contributed by atoms with van der Waals surface area (Å²) >= 11 is 3.77. The Morgan fingerprint density at radius 1 is 0.889 bits per heavy atom. The summed E-state index contributed by atoms with van der Waals surface area (Å²) in [5, 5.41) is 2.95. The fourth-order valence-corrected chi connectivity index (χ4v) is 4.69. The van der Waals surface area contributed by atoms with Gasteiger partial charge in [0.2, 0.25) is 0 Å². The minimum Gasteiger partial charge on any atom is -0.128 e. The lowest BCUT2D eigenvalue weighted by atomic mass is 9.88. The van der Waals surface area contributed by atoms with E-state index in [-0.39, 0.29) is 0 Å². The van der Waals surface area contributed by atoms with Crippen molar-refractivity contribution >= 4 is 34.3 Å². The fraction of sp³-hybridized carbons (Fsp3) is 0.375. The van der Waals surface area contributed by atoms with Crippen LogP contribution in [-0.4, -0.2) is 12.5 Å². The van der Waals surface area contributed by atoms with E-state index in [0.29, 0.717) is 0 Å². The molecule has 2 aromatic carbocycles. The van der Waals surface area contributed by atoms with Gasteiger partial charge in [0.05, 0.1) is 0 Å². The molecule has 0 amide bonds. The summed E-state index contributed by atoms with van der Waals surface area (Å²) in [6, 6.07) is 9.22. The van der Waals surface area contributed by atoms with Crippen LogP contribution in [0.4, 0.5) is 0 Å². The molecular weight excluding hydrogens is 256 g/mol. The molecule has 18 heavy (non-hydrogen) atoms. The van der Waals surface area contributed by atoms with E-state index < -0.39 is 0 Å². The Labute approximate surface area is 118 Å². The van der Waals surface area contributed by atoms with Gasteiger partial charge in [-0.1, -0.05) is 18.2 Å². The summed E-state index contributed by atoms with van der Waals surface area (Å²) in [5.74, 6) is 0. The molecule has 0 nitrogen and oxygen atoms in total. The predicted molar refractivity (Wildman–Crippen MR) is 84.2 cm³/mol. The second-order valence-corrected chi connectivity index (χ2v) is 6.47. The number of thioether (sulfide) groups is 2. The van der Waals surface area contributed by atoms with Crippen molar-refractivity contribution in [2.45, 2.75) is 35.5 Å². The lowest BCUT2D eigenvalue weighted by molar-refractivity contribution is 0.689. The first-order chi connectivity index (χ1) is 8.85. The van der Waals surface area contributed by atoms with Crippen molar-refractivity contribution < 1.29 is 0 Å². The van der Waals surface area contributed by atoms with Gasteiger partial charge in [-0.25, -0.2) is 0 Å². The van der Waals surface area contributed by atoms with Gasteiger partial charge < -0.3 is 0 Å². The van der Waals surface area contributed by atoms with Gasteiger partial charge >= 0.3 is 0 Å². The van der Waals surface area contributed by atoms with Gasteiger partial charge in [0.25, 0.3) is 0 Å². The number of benzene rings is 2. The summed E-state index contributed by atoms with van der Waals surface area (Å²) in [7, 11) is 0. The molecule has 0 radical (unpaired) electrons. The molecule has 0 bridgehead atoms. The van der Waals surface area contributed by atoms with Crippen LogP contribution in [0.2, 0.25) is 0 Å². The van der Waals surface area contributed by atoms with Crippen LogP contribution in [-0.2, 0) is 12.8 Å². The van der Waals surface area contributed by atoms with Crippen LogP contribution in [0.15, 0.2) is 34.1 Å². The molecule has 0 atom stereocenters. The highest BCUT2D eigenvalue weighted by Crippen LogP contribution is 2.39. The van der Waals surface area contributed by atoms with E-state index in [9.17, 15) is 0 Å². The number of aryl methyl sites for hydroxylation is 2. The molecule has 0 aliphatic heterocycles. The quantitative estimate of drug-likeness (QED) is 0.694. The molecule has 0 N–H and O–H groups in total. The van der Waals surface area contributed by atoms with E-state index in [1.54, 1.807) is 11.1 Å². The highest BCUT2D eigenvalue weighted by atomic mass is 32.2. The molecule has 1 aliphatic carbocycles. The van der Waals surface area contributed by atoms with E-state index in [2.05, 4.69) is 36.8 Å². The zero-order chi connectivity index (χ0) is 12.5. The molecule has 0 unspecified atom stereocenters. The van der Waals surface area contributed by atoms with Crippen molar-refractivity contribution in [2.75, 3.05) is 12.5 Å². The summed E-state index contributed by atoms with van der Waals surface area (Å²) in [4.78, 5) is 2.91. The third kappa shape index (κ3) is 1.96. The van der Waals surface area contributed by atoms with Crippen LogP contribution in [0, 0.1) is 0 Å². The lowest BCUT2D eigenvalue weighted by Gasteiger charge is -2.20. The second-order valence-electron chi connectivity index (χ2n) is 4.81. The van der Waals surface area contributed by atoms with Crippen molar-refractivity contribution in [1.82, 2.24) is 0 Å². The normalized spacial score (nSPS) is 14.8. The monoisotopic (exact) mass is 274 g/mol. The molecule has 2 heteroatoms. The number of fused-ring (bicyclic) bond motifs is 3. The average molecular weight is 274 g/mol. The summed E-state index contributed by atoms with van der Waals surface area (Å²) in [6.45, 7) is 0. The van der Waals surface area contributed by atoms with Crippen LogP contribution < -0.4 is 0 Å². The van der Waals surface area contributed by atoms with E-state index in [4.69, 9.17) is 0 Å². The average Bonchev–Trinajstić information content (AvgIpc) is 2.45. The first-order valence-electron chi connectivity index (χ1n) is 6.50. The Hall–Kier alpha value is -0.600. The summed E-state index contributed by atoms with van der Waals surface area (Å²) in [6.07, 6.45) is 9.62. The molecule has 2 aromatic rings. The Balaban J connectivity index is 2.36. The van der Waals surface area contributed by atoms with Gasteiger partial charge in [-0.15, -0.1) is 23.5 Å².